The molecule has 1 aliphatic rings. The Hall–Kier alpha value is -3.42. The topological polar surface area (TPSA) is 77.5 Å². The molecule has 0 spiro atoms. The van der Waals surface area contributed by atoms with Gasteiger partial charge >= 0.3 is 12.2 Å². The van der Waals surface area contributed by atoms with Crippen LogP contribution >= 0.6 is 0 Å². The van der Waals surface area contributed by atoms with Crippen molar-refractivity contribution in [3.8, 4) is 11.5 Å². The van der Waals surface area contributed by atoms with Crippen LogP contribution in [-0.2, 0) is 16.1 Å². The van der Waals surface area contributed by atoms with Gasteiger partial charge < -0.3 is 28.7 Å². The molecular weight excluding hydrogens is 448 g/mol. The molecule has 0 radical (unpaired) electrons. The van der Waals surface area contributed by atoms with Crippen LogP contribution in [0.1, 0.15) is 38.3 Å². The van der Waals surface area contributed by atoms with Gasteiger partial charge in [-0.2, -0.15) is 0 Å². The molecule has 35 heavy (non-hydrogen) atoms. The molecule has 1 atom stereocenters. The SMILES string of the molecule is COc1cccc(OCC[C@@H]2CN(C(=O)OCc3ccccc3)CCN2C(=O)OC(C)(C)C)c1C. The van der Waals surface area contributed by atoms with E-state index in [4.69, 9.17) is 18.9 Å². The molecule has 8 heteroatoms. The molecule has 3 rings (SSSR count). The zero-order valence-corrected chi connectivity index (χ0v) is 21.3. The van der Waals surface area contributed by atoms with Crippen molar-refractivity contribution in [1.29, 1.82) is 0 Å². The summed E-state index contributed by atoms with van der Waals surface area (Å²) in [5, 5.41) is 0. The van der Waals surface area contributed by atoms with E-state index in [1.54, 1.807) is 16.9 Å². The van der Waals surface area contributed by atoms with Gasteiger partial charge in [0.2, 0.25) is 0 Å². The van der Waals surface area contributed by atoms with Crippen molar-refractivity contribution in [3.63, 3.8) is 0 Å². The highest BCUT2D eigenvalue weighted by molar-refractivity contribution is 5.71. The number of carbonyl (C=O) groups excluding carboxylic acids is 2. The molecule has 2 amide bonds. The number of rotatable bonds is 7. The van der Waals surface area contributed by atoms with Crippen molar-refractivity contribution >= 4 is 12.2 Å². The highest BCUT2D eigenvalue weighted by Gasteiger charge is 2.35. The van der Waals surface area contributed by atoms with Gasteiger partial charge in [0.25, 0.3) is 0 Å². The van der Waals surface area contributed by atoms with E-state index in [0.717, 1.165) is 22.6 Å². The lowest BCUT2D eigenvalue weighted by atomic mass is 10.1. The number of benzene rings is 2. The van der Waals surface area contributed by atoms with Crippen LogP contribution in [0.15, 0.2) is 48.5 Å². The van der Waals surface area contributed by atoms with Crippen molar-refractivity contribution < 1.29 is 28.5 Å². The molecule has 2 aromatic carbocycles. The molecule has 1 fully saturated rings. The van der Waals surface area contributed by atoms with Gasteiger partial charge in [-0.05, 0) is 45.4 Å². The fourth-order valence-electron chi connectivity index (χ4n) is 3.92. The summed E-state index contributed by atoms with van der Waals surface area (Å²) in [5.41, 5.74) is 1.22. The van der Waals surface area contributed by atoms with E-state index in [2.05, 4.69) is 0 Å². The van der Waals surface area contributed by atoms with Gasteiger partial charge in [0.1, 0.15) is 23.7 Å². The zero-order valence-electron chi connectivity index (χ0n) is 21.3. The maximum absolute atomic E-state index is 12.9. The molecule has 0 unspecified atom stereocenters. The summed E-state index contributed by atoms with van der Waals surface area (Å²) >= 11 is 0. The molecule has 1 saturated heterocycles. The molecule has 190 valence electrons. The quantitative estimate of drug-likeness (QED) is 0.549. The summed E-state index contributed by atoms with van der Waals surface area (Å²) in [5.74, 6) is 1.48. The van der Waals surface area contributed by atoms with Crippen molar-refractivity contribution in [3.05, 3.63) is 59.7 Å². The Bertz CT molecular complexity index is 989. The largest absolute Gasteiger partial charge is 0.496 e. The second-order valence-electron chi connectivity index (χ2n) is 9.53. The Morgan fingerprint density at radius 2 is 1.69 bits per heavy atom. The van der Waals surface area contributed by atoms with E-state index in [9.17, 15) is 9.59 Å². The van der Waals surface area contributed by atoms with Gasteiger partial charge in [0, 0.05) is 31.6 Å². The Labute approximate surface area is 207 Å². The molecule has 1 aliphatic heterocycles. The lowest BCUT2D eigenvalue weighted by molar-refractivity contribution is -0.00615. The summed E-state index contributed by atoms with van der Waals surface area (Å²) in [4.78, 5) is 29.0. The first-order valence-electron chi connectivity index (χ1n) is 11.9. The minimum atomic E-state index is -0.610. The van der Waals surface area contributed by atoms with E-state index in [0.29, 0.717) is 32.7 Å². The Kier molecular flexibility index (Phi) is 8.84. The molecule has 0 saturated carbocycles. The number of hydrogen-bond donors (Lipinski definition) is 0. The number of methoxy groups -OCH3 is 1. The summed E-state index contributed by atoms with van der Waals surface area (Å²) < 4.78 is 22.5. The van der Waals surface area contributed by atoms with E-state index in [-0.39, 0.29) is 12.6 Å². The van der Waals surface area contributed by atoms with Crippen LogP contribution in [0, 0.1) is 6.92 Å². The minimum Gasteiger partial charge on any atom is -0.496 e. The van der Waals surface area contributed by atoms with Gasteiger partial charge in [0.05, 0.1) is 19.8 Å². The van der Waals surface area contributed by atoms with Gasteiger partial charge in [-0.3, -0.25) is 0 Å². The van der Waals surface area contributed by atoms with Gasteiger partial charge in [0.15, 0.2) is 0 Å². The van der Waals surface area contributed by atoms with Crippen molar-refractivity contribution in [2.24, 2.45) is 0 Å². The molecule has 0 aromatic heterocycles. The Morgan fingerprint density at radius 3 is 2.37 bits per heavy atom. The molecule has 0 N–H and O–H groups in total. The highest BCUT2D eigenvalue weighted by atomic mass is 16.6. The molecular formula is C27H36N2O6. The smallest absolute Gasteiger partial charge is 0.410 e. The summed E-state index contributed by atoms with van der Waals surface area (Å²) in [6.07, 6.45) is -0.261. The zero-order chi connectivity index (χ0) is 25.4. The molecule has 1 heterocycles. The van der Waals surface area contributed by atoms with E-state index < -0.39 is 17.8 Å². The molecule has 2 aromatic rings. The summed E-state index contributed by atoms with van der Waals surface area (Å²) in [7, 11) is 1.62. The average molecular weight is 485 g/mol. The van der Waals surface area contributed by atoms with Crippen LogP contribution in [0.2, 0.25) is 0 Å². The Balaban J connectivity index is 1.64. The summed E-state index contributed by atoms with van der Waals surface area (Å²) in [6.45, 7) is 9.10. The summed E-state index contributed by atoms with van der Waals surface area (Å²) in [6, 6.07) is 14.9. The van der Waals surface area contributed by atoms with Crippen LogP contribution in [0.5, 0.6) is 11.5 Å². The van der Waals surface area contributed by atoms with Gasteiger partial charge in [-0.1, -0.05) is 36.4 Å². The third-order valence-corrected chi connectivity index (χ3v) is 5.74. The van der Waals surface area contributed by atoms with Crippen molar-refractivity contribution in [1.82, 2.24) is 9.80 Å². The predicted molar refractivity (Wildman–Crippen MR) is 133 cm³/mol. The van der Waals surface area contributed by atoms with Crippen LogP contribution < -0.4 is 9.47 Å². The maximum atomic E-state index is 12.9. The van der Waals surface area contributed by atoms with E-state index in [1.165, 1.54) is 0 Å². The van der Waals surface area contributed by atoms with E-state index >= 15 is 0 Å². The van der Waals surface area contributed by atoms with Gasteiger partial charge in [-0.25, -0.2) is 9.59 Å². The van der Waals surface area contributed by atoms with Gasteiger partial charge in [-0.15, -0.1) is 0 Å². The number of piperazine rings is 1. The van der Waals surface area contributed by atoms with Crippen molar-refractivity contribution in [2.45, 2.75) is 52.4 Å². The highest BCUT2D eigenvalue weighted by Crippen LogP contribution is 2.27. The normalized spacial score (nSPS) is 16.0. The molecule has 0 bridgehead atoms. The van der Waals surface area contributed by atoms with Crippen LogP contribution in [0.3, 0.4) is 0 Å². The van der Waals surface area contributed by atoms with E-state index in [1.807, 2.05) is 76.2 Å². The van der Waals surface area contributed by atoms with Crippen LogP contribution in [-0.4, -0.2) is 67.0 Å². The first-order valence-corrected chi connectivity index (χ1v) is 11.9. The van der Waals surface area contributed by atoms with Crippen LogP contribution in [0.25, 0.3) is 0 Å². The predicted octanol–water partition coefficient (Wildman–Crippen LogP) is 5.03. The maximum Gasteiger partial charge on any atom is 0.410 e. The number of ether oxygens (including phenoxy) is 4. The number of hydrogen-bond acceptors (Lipinski definition) is 6. The third-order valence-electron chi connectivity index (χ3n) is 5.74. The first kappa shape index (κ1) is 26.2. The minimum absolute atomic E-state index is 0.203. The fraction of sp³-hybridized carbons (Fsp3) is 0.481. The fourth-order valence-corrected chi connectivity index (χ4v) is 3.92. The number of carbonyl (C=O) groups is 2. The second kappa shape index (κ2) is 11.8. The number of amides is 2. The first-order chi connectivity index (χ1) is 16.7. The third kappa shape index (κ3) is 7.53. The second-order valence-corrected chi connectivity index (χ2v) is 9.53. The average Bonchev–Trinajstić information content (AvgIpc) is 2.83. The number of nitrogens with zero attached hydrogens (tertiary/aromatic N) is 2. The monoisotopic (exact) mass is 484 g/mol. The van der Waals surface area contributed by atoms with Crippen molar-refractivity contribution in [2.75, 3.05) is 33.4 Å². The molecule has 8 nitrogen and oxygen atoms in total. The molecule has 0 aliphatic carbocycles. The Morgan fingerprint density at radius 1 is 0.971 bits per heavy atom. The van der Waals surface area contributed by atoms with Crippen LogP contribution in [0.4, 0.5) is 9.59 Å². The lowest BCUT2D eigenvalue weighted by Crippen LogP contribution is -2.57. The standard InChI is InChI=1S/C27H36N2O6/c1-20-23(32-5)12-9-13-24(20)33-17-14-22-18-28(15-16-29(22)26(31)35-27(2,3)4)25(30)34-19-21-10-7-6-8-11-21/h6-13,22H,14-19H2,1-5H3/t22-/m1/s1. The lowest BCUT2D eigenvalue weighted by Gasteiger charge is -2.41.